The van der Waals surface area contributed by atoms with Gasteiger partial charge in [-0.25, -0.2) is 0 Å². The minimum atomic E-state index is -1.19. The average Bonchev–Trinajstić information content (AvgIpc) is 2.11. The highest BCUT2D eigenvalue weighted by Crippen LogP contribution is 2.60. The van der Waals surface area contributed by atoms with Crippen LogP contribution in [0.2, 0.25) is 0 Å². The van der Waals surface area contributed by atoms with Gasteiger partial charge < -0.3 is 10.2 Å². The van der Waals surface area contributed by atoms with Crippen LogP contribution in [-0.4, -0.2) is 27.6 Å². The minimum Gasteiger partial charge on any atom is -0.481 e. The van der Waals surface area contributed by atoms with Crippen LogP contribution in [0.4, 0.5) is 0 Å². The van der Waals surface area contributed by atoms with E-state index in [9.17, 15) is 14.7 Å². The van der Waals surface area contributed by atoms with Gasteiger partial charge in [0.25, 0.3) is 0 Å². The quantitative estimate of drug-likeness (QED) is 0.733. The van der Waals surface area contributed by atoms with Crippen LogP contribution in [0.1, 0.15) is 38.5 Å². The van der Waals surface area contributed by atoms with E-state index in [1.54, 1.807) is 0 Å². The van der Waals surface area contributed by atoms with Crippen LogP contribution in [0.3, 0.4) is 0 Å². The van der Waals surface area contributed by atoms with Gasteiger partial charge >= 0.3 is 5.97 Å². The SMILES string of the molecule is O=C(O)CC12CC3CC(CC(O)(C3)C1=O)C2. The fraction of sp³-hybridized carbons (Fsp3) is 0.833. The van der Waals surface area contributed by atoms with Crippen molar-refractivity contribution in [2.45, 2.75) is 44.1 Å². The number of aliphatic hydroxyl groups is 1. The molecule has 0 aromatic rings. The molecule has 0 radical (unpaired) electrons. The number of aliphatic carboxylic acids is 1. The van der Waals surface area contributed by atoms with E-state index in [2.05, 4.69) is 0 Å². The number of Topliss-reactive ketones (excluding diaryl/α,β-unsaturated/α-hetero) is 1. The van der Waals surface area contributed by atoms with Gasteiger partial charge in [-0.1, -0.05) is 0 Å². The standard InChI is InChI=1S/C12H16O4/c13-9(14)6-11-2-7-1-8(3-11)5-12(16,4-7)10(11)15/h7-8,16H,1-6H2,(H,13,14). The monoisotopic (exact) mass is 224 g/mol. The molecule has 2 atom stereocenters. The fourth-order valence-corrected chi connectivity index (χ4v) is 4.55. The molecule has 4 aliphatic carbocycles. The predicted molar refractivity (Wildman–Crippen MR) is 54.7 cm³/mol. The molecule has 4 saturated carbocycles. The Morgan fingerprint density at radius 3 is 2.31 bits per heavy atom. The van der Waals surface area contributed by atoms with Gasteiger partial charge in [-0.05, 0) is 43.9 Å². The lowest BCUT2D eigenvalue weighted by molar-refractivity contribution is -0.187. The fourth-order valence-electron chi connectivity index (χ4n) is 4.55. The molecular formula is C12H16O4. The zero-order chi connectivity index (χ0) is 11.6. The Morgan fingerprint density at radius 1 is 1.25 bits per heavy atom. The molecule has 0 aliphatic heterocycles. The summed E-state index contributed by atoms with van der Waals surface area (Å²) in [4.78, 5) is 23.1. The molecule has 4 bridgehead atoms. The van der Waals surface area contributed by atoms with Crippen molar-refractivity contribution < 1.29 is 19.8 Å². The maximum absolute atomic E-state index is 12.2. The Bertz CT molecular complexity index is 359. The predicted octanol–water partition coefficient (Wildman–Crippen LogP) is 0.971. The normalized spacial score (nSPS) is 49.7. The van der Waals surface area contributed by atoms with Gasteiger partial charge in [-0.3, -0.25) is 9.59 Å². The molecule has 4 rings (SSSR count). The lowest BCUT2D eigenvalue weighted by Crippen LogP contribution is -2.63. The number of carboxylic acids is 1. The van der Waals surface area contributed by atoms with Crippen molar-refractivity contribution in [3.63, 3.8) is 0 Å². The van der Waals surface area contributed by atoms with E-state index in [0.717, 1.165) is 6.42 Å². The summed E-state index contributed by atoms with van der Waals surface area (Å²) in [5.41, 5.74) is -1.94. The number of carbonyl (C=O) groups is 2. The van der Waals surface area contributed by atoms with Gasteiger partial charge in [0.15, 0.2) is 5.78 Å². The number of hydrogen-bond acceptors (Lipinski definition) is 3. The third-order valence-corrected chi connectivity index (χ3v) is 4.67. The van der Waals surface area contributed by atoms with E-state index in [1.165, 1.54) is 0 Å². The van der Waals surface area contributed by atoms with Crippen LogP contribution in [0.25, 0.3) is 0 Å². The summed E-state index contributed by atoms with van der Waals surface area (Å²) in [5.74, 6) is -0.391. The van der Waals surface area contributed by atoms with Gasteiger partial charge in [-0.15, -0.1) is 0 Å². The molecule has 0 saturated heterocycles. The summed E-state index contributed by atoms with van der Waals surface area (Å²) in [5, 5.41) is 19.2. The van der Waals surface area contributed by atoms with E-state index in [1.807, 2.05) is 0 Å². The molecule has 4 nitrogen and oxygen atoms in total. The highest BCUT2D eigenvalue weighted by molar-refractivity contribution is 5.96. The summed E-state index contributed by atoms with van der Waals surface area (Å²) >= 11 is 0. The average molecular weight is 224 g/mol. The van der Waals surface area contributed by atoms with Crippen molar-refractivity contribution in [2.75, 3.05) is 0 Å². The summed E-state index contributed by atoms with van der Waals surface area (Å²) in [7, 11) is 0. The third kappa shape index (κ3) is 1.19. The Kier molecular flexibility index (Phi) is 1.83. The lowest BCUT2D eigenvalue weighted by Gasteiger charge is -2.58. The van der Waals surface area contributed by atoms with Crippen molar-refractivity contribution in [2.24, 2.45) is 17.3 Å². The number of ketones is 1. The molecular weight excluding hydrogens is 208 g/mol. The highest BCUT2D eigenvalue weighted by atomic mass is 16.4. The third-order valence-electron chi connectivity index (χ3n) is 4.67. The molecule has 4 aliphatic rings. The molecule has 0 heterocycles. The van der Waals surface area contributed by atoms with Crippen molar-refractivity contribution in [3.05, 3.63) is 0 Å². The molecule has 4 fully saturated rings. The first-order chi connectivity index (χ1) is 7.43. The summed E-state index contributed by atoms with van der Waals surface area (Å²) < 4.78 is 0. The molecule has 0 amide bonds. The Hall–Kier alpha value is -0.900. The topological polar surface area (TPSA) is 74.6 Å². The van der Waals surface area contributed by atoms with E-state index in [0.29, 0.717) is 37.5 Å². The lowest BCUT2D eigenvalue weighted by atomic mass is 9.46. The largest absolute Gasteiger partial charge is 0.481 e. The first-order valence-electron chi connectivity index (χ1n) is 5.93. The zero-order valence-corrected chi connectivity index (χ0v) is 9.11. The van der Waals surface area contributed by atoms with Crippen molar-refractivity contribution in [3.8, 4) is 0 Å². The van der Waals surface area contributed by atoms with E-state index in [-0.39, 0.29) is 12.2 Å². The molecule has 2 unspecified atom stereocenters. The molecule has 4 heteroatoms. The van der Waals surface area contributed by atoms with Crippen molar-refractivity contribution in [1.82, 2.24) is 0 Å². The highest BCUT2D eigenvalue weighted by Gasteiger charge is 2.63. The van der Waals surface area contributed by atoms with Gasteiger partial charge in [0.1, 0.15) is 5.60 Å². The summed E-state index contributed by atoms with van der Waals surface area (Å²) in [6, 6.07) is 0. The van der Waals surface area contributed by atoms with Crippen LogP contribution >= 0.6 is 0 Å². The number of hydrogen-bond donors (Lipinski definition) is 2. The van der Waals surface area contributed by atoms with Crippen LogP contribution in [0.15, 0.2) is 0 Å². The molecule has 88 valence electrons. The van der Waals surface area contributed by atoms with Gasteiger partial charge in [-0.2, -0.15) is 0 Å². The number of rotatable bonds is 2. The summed E-state index contributed by atoms with van der Waals surface area (Å²) in [6.45, 7) is 0. The molecule has 0 spiro atoms. The van der Waals surface area contributed by atoms with Crippen molar-refractivity contribution >= 4 is 11.8 Å². The molecule has 2 N–H and O–H groups in total. The zero-order valence-electron chi connectivity index (χ0n) is 9.11. The number of carboxylic acid groups (broad SMARTS) is 1. The second-order valence-corrected chi connectivity index (χ2v) is 6.00. The molecule has 0 aromatic heterocycles. The van der Waals surface area contributed by atoms with Crippen LogP contribution in [0, 0.1) is 17.3 Å². The maximum Gasteiger partial charge on any atom is 0.304 e. The summed E-state index contributed by atoms with van der Waals surface area (Å²) in [6.07, 6.45) is 3.44. The van der Waals surface area contributed by atoms with Crippen LogP contribution in [0.5, 0.6) is 0 Å². The van der Waals surface area contributed by atoms with Crippen molar-refractivity contribution in [1.29, 1.82) is 0 Å². The Balaban J connectivity index is 2.00. The smallest absolute Gasteiger partial charge is 0.304 e. The van der Waals surface area contributed by atoms with E-state index >= 15 is 0 Å². The Labute approximate surface area is 93.6 Å². The second kappa shape index (κ2) is 2.86. The maximum atomic E-state index is 12.2. The van der Waals surface area contributed by atoms with Crippen LogP contribution in [-0.2, 0) is 9.59 Å². The van der Waals surface area contributed by atoms with E-state index < -0.39 is 17.0 Å². The van der Waals surface area contributed by atoms with Gasteiger partial charge in [0.05, 0.1) is 6.42 Å². The minimum absolute atomic E-state index is 0.0961. The van der Waals surface area contributed by atoms with Gasteiger partial charge in [0.2, 0.25) is 0 Å². The van der Waals surface area contributed by atoms with Crippen LogP contribution < -0.4 is 0 Å². The van der Waals surface area contributed by atoms with Gasteiger partial charge in [0, 0.05) is 5.41 Å². The second-order valence-electron chi connectivity index (χ2n) is 6.00. The number of carbonyl (C=O) groups excluding carboxylic acids is 1. The van der Waals surface area contributed by atoms with E-state index in [4.69, 9.17) is 5.11 Å². The first kappa shape index (κ1) is 10.3. The Morgan fingerprint density at radius 2 is 1.81 bits per heavy atom. The first-order valence-corrected chi connectivity index (χ1v) is 5.93. The molecule has 0 aromatic carbocycles. The molecule has 16 heavy (non-hydrogen) atoms.